The number of aromatic nitrogens is 1. The molecule has 7 rings (SSSR count). The van der Waals surface area contributed by atoms with Crippen LogP contribution in [0.2, 0.25) is 0 Å². The second-order valence-electron chi connectivity index (χ2n) is 9.97. The molecule has 3 aromatic carbocycles. The molecule has 0 saturated carbocycles. The van der Waals surface area contributed by atoms with Gasteiger partial charge in [0.2, 0.25) is 5.69 Å². The molecular formula is C30H28NO3+. The van der Waals surface area contributed by atoms with Crippen molar-refractivity contribution in [1.29, 1.82) is 0 Å². The van der Waals surface area contributed by atoms with Gasteiger partial charge in [0.1, 0.15) is 24.0 Å². The van der Waals surface area contributed by atoms with Gasteiger partial charge in [0.15, 0.2) is 11.9 Å². The van der Waals surface area contributed by atoms with Gasteiger partial charge in [-0.05, 0) is 67.9 Å². The van der Waals surface area contributed by atoms with Gasteiger partial charge in [-0.25, -0.2) is 4.57 Å². The number of pyridine rings is 1. The lowest BCUT2D eigenvalue weighted by Gasteiger charge is -2.24. The van der Waals surface area contributed by atoms with Crippen molar-refractivity contribution in [1.82, 2.24) is 0 Å². The Hall–Kier alpha value is -3.37. The van der Waals surface area contributed by atoms with E-state index in [0.29, 0.717) is 5.92 Å². The fraction of sp³-hybridized carbons (Fsp3) is 0.300. The van der Waals surface area contributed by atoms with Gasteiger partial charge in [-0.2, -0.15) is 0 Å². The maximum atomic E-state index is 6.84. The van der Waals surface area contributed by atoms with Crippen molar-refractivity contribution in [2.75, 3.05) is 13.2 Å². The fourth-order valence-electron chi connectivity index (χ4n) is 6.10. The van der Waals surface area contributed by atoms with Crippen molar-refractivity contribution in [3.63, 3.8) is 0 Å². The number of hydrogen-bond acceptors (Lipinski definition) is 3. The van der Waals surface area contributed by atoms with Crippen LogP contribution in [-0.4, -0.2) is 13.2 Å². The van der Waals surface area contributed by atoms with Crippen LogP contribution in [0.25, 0.3) is 44.0 Å². The second kappa shape index (κ2) is 7.07. The van der Waals surface area contributed by atoms with Crippen LogP contribution in [0.15, 0.2) is 47.0 Å². The van der Waals surface area contributed by atoms with E-state index in [1.165, 1.54) is 27.9 Å². The Labute approximate surface area is 198 Å². The molecule has 34 heavy (non-hydrogen) atoms. The van der Waals surface area contributed by atoms with Crippen LogP contribution >= 0.6 is 0 Å². The highest BCUT2D eigenvalue weighted by Gasteiger charge is 2.34. The lowest BCUT2D eigenvalue weighted by atomic mass is 9.89. The molecule has 4 nitrogen and oxygen atoms in total. The molecule has 0 spiro atoms. The monoisotopic (exact) mass is 450 g/mol. The van der Waals surface area contributed by atoms with Gasteiger partial charge in [-0.3, -0.25) is 0 Å². The molecule has 170 valence electrons. The number of rotatable bonds is 1. The summed E-state index contributed by atoms with van der Waals surface area (Å²) in [6.07, 6.45) is 4.22. The van der Waals surface area contributed by atoms with E-state index in [0.717, 1.165) is 75.8 Å². The summed E-state index contributed by atoms with van der Waals surface area (Å²) in [4.78, 5) is 0. The van der Waals surface area contributed by atoms with Gasteiger partial charge in [0.05, 0.1) is 16.3 Å². The third-order valence-electron chi connectivity index (χ3n) is 7.96. The first kappa shape index (κ1) is 20.0. The number of para-hydroxylation sites is 1. The minimum Gasteiger partial charge on any atom is -0.456 e. The lowest BCUT2D eigenvalue weighted by Crippen LogP contribution is -2.32. The molecular weight excluding hydrogens is 422 g/mol. The van der Waals surface area contributed by atoms with E-state index >= 15 is 0 Å². The van der Waals surface area contributed by atoms with Crippen molar-refractivity contribution in [3.8, 4) is 22.8 Å². The summed E-state index contributed by atoms with van der Waals surface area (Å²) in [6.45, 7) is 8.16. The molecule has 0 amide bonds. The van der Waals surface area contributed by atoms with E-state index in [2.05, 4.69) is 75.0 Å². The van der Waals surface area contributed by atoms with Crippen LogP contribution in [0.1, 0.15) is 41.0 Å². The number of ether oxygens (including phenoxy) is 2. The number of aryl methyl sites for hydroxylation is 3. The highest BCUT2D eigenvalue weighted by molar-refractivity contribution is 6.19. The topological polar surface area (TPSA) is 35.5 Å². The quantitative estimate of drug-likeness (QED) is 0.249. The molecule has 0 N–H and O–H groups in total. The number of nitrogens with zero attached hydrogens (tertiary/aromatic N) is 1. The van der Waals surface area contributed by atoms with E-state index in [1.54, 1.807) is 0 Å². The Morgan fingerprint density at radius 1 is 0.912 bits per heavy atom. The molecule has 2 aliphatic rings. The minimum atomic E-state index is 0.464. The van der Waals surface area contributed by atoms with Gasteiger partial charge >= 0.3 is 0 Å². The van der Waals surface area contributed by atoms with Gasteiger partial charge in [0, 0.05) is 30.1 Å². The van der Waals surface area contributed by atoms with Gasteiger partial charge in [0.25, 0.3) is 0 Å². The van der Waals surface area contributed by atoms with Crippen LogP contribution < -0.4 is 9.30 Å². The van der Waals surface area contributed by atoms with E-state index < -0.39 is 0 Å². The summed E-state index contributed by atoms with van der Waals surface area (Å²) in [6, 6.07) is 13.2. The van der Waals surface area contributed by atoms with E-state index in [-0.39, 0.29) is 0 Å². The Morgan fingerprint density at radius 3 is 2.56 bits per heavy atom. The van der Waals surface area contributed by atoms with Crippen LogP contribution in [0, 0.1) is 20.8 Å². The third-order valence-corrected chi connectivity index (χ3v) is 7.96. The molecule has 4 heterocycles. The highest BCUT2D eigenvalue weighted by atomic mass is 16.5. The van der Waals surface area contributed by atoms with Crippen molar-refractivity contribution in [3.05, 3.63) is 64.8 Å². The summed E-state index contributed by atoms with van der Waals surface area (Å²) in [5.41, 5.74) is 9.31. The molecule has 2 aromatic heterocycles. The number of furan rings is 1. The Balaban J connectivity index is 1.61. The SMILES string of the molecule is Cc1cc(C)c2c(c1C)-c1c3c(c4c(cc3cc[n+]1C)oc1c(C3CCOCC3)cccc14)O2. The first-order valence-corrected chi connectivity index (χ1v) is 12.2. The Kier molecular flexibility index (Phi) is 4.16. The highest BCUT2D eigenvalue weighted by Crippen LogP contribution is 2.53. The number of benzene rings is 3. The molecule has 0 atom stereocenters. The van der Waals surface area contributed by atoms with Gasteiger partial charge in [-0.1, -0.05) is 24.3 Å². The number of hydrogen-bond donors (Lipinski definition) is 0. The smallest absolute Gasteiger partial charge is 0.228 e. The molecule has 0 unspecified atom stereocenters. The number of fused-ring (bicyclic) bond motifs is 6. The first-order valence-electron chi connectivity index (χ1n) is 12.2. The molecule has 0 radical (unpaired) electrons. The summed E-state index contributed by atoms with van der Waals surface area (Å²) in [7, 11) is 2.13. The lowest BCUT2D eigenvalue weighted by molar-refractivity contribution is -0.659. The summed E-state index contributed by atoms with van der Waals surface area (Å²) < 4.78 is 21.3. The van der Waals surface area contributed by atoms with Crippen LogP contribution in [-0.2, 0) is 11.8 Å². The van der Waals surface area contributed by atoms with Gasteiger partial charge in [-0.15, -0.1) is 0 Å². The largest absolute Gasteiger partial charge is 0.456 e. The van der Waals surface area contributed by atoms with Crippen molar-refractivity contribution < 1.29 is 18.5 Å². The predicted molar refractivity (Wildman–Crippen MR) is 135 cm³/mol. The normalized spacial score (nSPS) is 15.8. The van der Waals surface area contributed by atoms with Crippen molar-refractivity contribution in [2.45, 2.75) is 39.5 Å². The minimum absolute atomic E-state index is 0.464. The van der Waals surface area contributed by atoms with Crippen LogP contribution in [0.4, 0.5) is 0 Å². The van der Waals surface area contributed by atoms with Crippen LogP contribution in [0.5, 0.6) is 11.5 Å². The Morgan fingerprint density at radius 2 is 1.74 bits per heavy atom. The zero-order chi connectivity index (χ0) is 23.1. The average Bonchev–Trinajstić information content (AvgIpc) is 3.23. The van der Waals surface area contributed by atoms with Crippen molar-refractivity contribution in [2.24, 2.45) is 7.05 Å². The van der Waals surface area contributed by atoms with Gasteiger partial charge < -0.3 is 13.9 Å². The Bertz CT molecular complexity index is 1650. The van der Waals surface area contributed by atoms with E-state index in [9.17, 15) is 0 Å². The third kappa shape index (κ3) is 2.60. The van der Waals surface area contributed by atoms with Crippen molar-refractivity contribution >= 4 is 32.7 Å². The van der Waals surface area contributed by atoms with E-state index in [4.69, 9.17) is 13.9 Å². The maximum absolute atomic E-state index is 6.84. The predicted octanol–water partition coefficient (Wildman–Crippen LogP) is 7.16. The molecule has 5 aromatic rings. The molecule has 1 saturated heterocycles. The molecule has 0 aliphatic carbocycles. The first-order chi connectivity index (χ1) is 16.5. The van der Waals surface area contributed by atoms with Crippen LogP contribution in [0.3, 0.4) is 0 Å². The molecule has 4 heteroatoms. The fourth-order valence-corrected chi connectivity index (χ4v) is 6.10. The summed E-state index contributed by atoms with van der Waals surface area (Å²) in [5.74, 6) is 2.34. The van der Waals surface area contributed by atoms with E-state index in [1.807, 2.05) is 0 Å². The average molecular weight is 451 g/mol. The molecule has 0 bridgehead atoms. The second-order valence-corrected chi connectivity index (χ2v) is 9.97. The summed E-state index contributed by atoms with van der Waals surface area (Å²) >= 11 is 0. The summed E-state index contributed by atoms with van der Waals surface area (Å²) in [5, 5.41) is 4.52. The standard InChI is InChI=1S/C30H28NO3/c1-16-14-17(2)28-24(18(16)3)27-25-20(8-11-31(27)4)15-23-26(30(25)34-28)22-7-5-6-21(29(22)33-23)19-9-12-32-13-10-19/h5-8,11,14-15,19H,9-10,12-13H2,1-4H3/q+1. The zero-order valence-electron chi connectivity index (χ0n) is 20.1. The maximum Gasteiger partial charge on any atom is 0.228 e. The zero-order valence-corrected chi connectivity index (χ0v) is 20.1. The molecule has 2 aliphatic heterocycles. The molecule has 1 fully saturated rings.